The lowest BCUT2D eigenvalue weighted by molar-refractivity contribution is -0.00955. The molecule has 6 heteroatoms. The van der Waals surface area contributed by atoms with Crippen LogP contribution in [0.4, 0.5) is 0 Å². The van der Waals surface area contributed by atoms with Gasteiger partial charge in [0.1, 0.15) is 11.8 Å². The zero-order valence-electron chi connectivity index (χ0n) is 11.0. The van der Waals surface area contributed by atoms with Crippen molar-refractivity contribution < 1.29 is 9.53 Å². The monoisotopic (exact) mass is 272 g/mol. The quantitative estimate of drug-likeness (QED) is 0.886. The Morgan fingerprint density at radius 2 is 2.15 bits per heavy atom. The maximum absolute atomic E-state index is 12.1. The third-order valence-corrected chi connectivity index (χ3v) is 3.42. The van der Waals surface area contributed by atoms with Crippen LogP contribution in [-0.4, -0.2) is 33.7 Å². The Kier molecular flexibility index (Phi) is 3.73. The molecule has 1 amide bonds. The first-order chi connectivity index (χ1) is 9.84. The number of ether oxygens (including phenoxy) is 1. The molecule has 3 rings (SSSR count). The van der Waals surface area contributed by atoms with Crippen molar-refractivity contribution in [3.63, 3.8) is 0 Å². The average molecular weight is 272 g/mol. The Labute approximate surface area is 116 Å². The number of carbonyl (C=O) groups excluding carboxylic acids is 1. The highest BCUT2D eigenvalue weighted by molar-refractivity contribution is 5.92. The van der Waals surface area contributed by atoms with Gasteiger partial charge in [0.25, 0.3) is 5.91 Å². The number of nitrogens with zero attached hydrogens (tertiary/aromatic N) is 2. The van der Waals surface area contributed by atoms with Crippen LogP contribution in [0.5, 0.6) is 0 Å². The minimum absolute atomic E-state index is 0.0399. The SMILES string of the molecule is O=C(N[C@H]1CCCO[C@@H]1c1ccncc1)c1ccn[nH]1. The van der Waals surface area contributed by atoms with Crippen molar-refractivity contribution in [1.29, 1.82) is 0 Å². The molecular formula is C14H16N4O2. The first-order valence-corrected chi connectivity index (χ1v) is 6.66. The van der Waals surface area contributed by atoms with Gasteiger partial charge in [-0.1, -0.05) is 0 Å². The van der Waals surface area contributed by atoms with E-state index in [2.05, 4.69) is 20.5 Å². The van der Waals surface area contributed by atoms with Crippen LogP contribution >= 0.6 is 0 Å². The number of nitrogens with one attached hydrogen (secondary N) is 2. The van der Waals surface area contributed by atoms with Crippen LogP contribution in [-0.2, 0) is 4.74 Å². The highest BCUT2D eigenvalue weighted by Gasteiger charge is 2.29. The van der Waals surface area contributed by atoms with Crippen LogP contribution in [0, 0.1) is 0 Å². The second-order valence-electron chi connectivity index (χ2n) is 4.76. The van der Waals surface area contributed by atoms with E-state index in [1.165, 1.54) is 0 Å². The average Bonchev–Trinajstić information content (AvgIpc) is 3.03. The van der Waals surface area contributed by atoms with Gasteiger partial charge < -0.3 is 10.1 Å². The lowest BCUT2D eigenvalue weighted by Gasteiger charge is -2.32. The molecule has 0 aliphatic carbocycles. The zero-order valence-corrected chi connectivity index (χ0v) is 11.0. The fraction of sp³-hybridized carbons (Fsp3) is 0.357. The van der Waals surface area contributed by atoms with E-state index in [-0.39, 0.29) is 18.1 Å². The molecule has 3 heterocycles. The molecule has 2 atom stereocenters. The summed E-state index contributed by atoms with van der Waals surface area (Å²) in [6.45, 7) is 0.712. The molecule has 0 unspecified atom stereocenters. The summed E-state index contributed by atoms with van der Waals surface area (Å²) in [7, 11) is 0. The third-order valence-electron chi connectivity index (χ3n) is 3.42. The normalized spacial score (nSPS) is 22.4. The number of amides is 1. The first kappa shape index (κ1) is 12.8. The number of aromatic amines is 1. The lowest BCUT2D eigenvalue weighted by Crippen LogP contribution is -2.42. The van der Waals surface area contributed by atoms with Crippen LogP contribution in [0.25, 0.3) is 0 Å². The van der Waals surface area contributed by atoms with E-state index < -0.39 is 0 Å². The van der Waals surface area contributed by atoms with Crippen LogP contribution < -0.4 is 5.32 Å². The van der Waals surface area contributed by atoms with Crippen molar-refractivity contribution in [1.82, 2.24) is 20.5 Å². The summed E-state index contributed by atoms with van der Waals surface area (Å²) in [6, 6.07) is 5.46. The van der Waals surface area contributed by atoms with E-state index in [0.29, 0.717) is 12.3 Å². The van der Waals surface area contributed by atoms with E-state index in [4.69, 9.17) is 4.74 Å². The molecule has 2 aromatic rings. The van der Waals surface area contributed by atoms with Crippen LogP contribution in [0.2, 0.25) is 0 Å². The van der Waals surface area contributed by atoms with Gasteiger partial charge in [-0.2, -0.15) is 5.10 Å². The molecule has 104 valence electrons. The number of hydrogen-bond donors (Lipinski definition) is 2. The zero-order chi connectivity index (χ0) is 13.8. The molecule has 1 aliphatic rings. The van der Waals surface area contributed by atoms with Crippen LogP contribution in [0.15, 0.2) is 36.8 Å². The summed E-state index contributed by atoms with van der Waals surface area (Å²) < 4.78 is 5.83. The number of hydrogen-bond acceptors (Lipinski definition) is 4. The molecule has 0 saturated carbocycles. The molecule has 1 saturated heterocycles. The van der Waals surface area contributed by atoms with E-state index in [9.17, 15) is 4.79 Å². The Balaban J connectivity index is 1.74. The highest BCUT2D eigenvalue weighted by Crippen LogP contribution is 2.28. The summed E-state index contributed by atoms with van der Waals surface area (Å²) in [5.41, 5.74) is 1.50. The molecule has 1 aliphatic heterocycles. The Hall–Kier alpha value is -2.21. The van der Waals surface area contributed by atoms with Crippen LogP contribution in [0.1, 0.15) is 35.0 Å². The third kappa shape index (κ3) is 2.70. The van der Waals surface area contributed by atoms with E-state index >= 15 is 0 Å². The number of aromatic nitrogens is 3. The van der Waals surface area contributed by atoms with Crippen molar-refractivity contribution in [2.24, 2.45) is 0 Å². The van der Waals surface area contributed by atoms with Crippen molar-refractivity contribution in [2.45, 2.75) is 25.0 Å². The number of H-pyrrole nitrogens is 1. The van der Waals surface area contributed by atoms with Crippen LogP contribution in [0.3, 0.4) is 0 Å². The van der Waals surface area contributed by atoms with Crippen molar-refractivity contribution in [3.05, 3.63) is 48.0 Å². The molecule has 1 fully saturated rings. The molecule has 0 spiro atoms. The molecule has 2 N–H and O–H groups in total. The fourth-order valence-electron chi connectivity index (χ4n) is 2.44. The van der Waals surface area contributed by atoms with Gasteiger partial charge in [0.05, 0.1) is 6.04 Å². The van der Waals surface area contributed by atoms with Crippen molar-refractivity contribution in [3.8, 4) is 0 Å². The molecule has 2 aromatic heterocycles. The molecule has 0 radical (unpaired) electrons. The summed E-state index contributed by atoms with van der Waals surface area (Å²) in [6.07, 6.45) is 6.75. The summed E-state index contributed by atoms with van der Waals surface area (Å²) in [5.74, 6) is -0.156. The van der Waals surface area contributed by atoms with Gasteiger partial charge >= 0.3 is 0 Å². The van der Waals surface area contributed by atoms with Gasteiger partial charge in [0.2, 0.25) is 0 Å². The predicted molar refractivity (Wildman–Crippen MR) is 72.0 cm³/mol. The highest BCUT2D eigenvalue weighted by atomic mass is 16.5. The maximum atomic E-state index is 12.1. The maximum Gasteiger partial charge on any atom is 0.269 e. The van der Waals surface area contributed by atoms with Gasteiger partial charge in [0, 0.05) is 25.2 Å². The fourth-order valence-corrected chi connectivity index (χ4v) is 2.44. The summed E-state index contributed by atoms with van der Waals surface area (Å²) in [4.78, 5) is 16.1. The predicted octanol–water partition coefficient (Wildman–Crippen LogP) is 1.45. The topological polar surface area (TPSA) is 79.9 Å². The molecular weight excluding hydrogens is 256 g/mol. The second-order valence-corrected chi connectivity index (χ2v) is 4.76. The van der Waals surface area contributed by atoms with Gasteiger partial charge in [-0.3, -0.25) is 14.9 Å². The van der Waals surface area contributed by atoms with Gasteiger partial charge in [-0.05, 0) is 36.6 Å². The molecule has 20 heavy (non-hydrogen) atoms. The minimum Gasteiger partial charge on any atom is -0.371 e. The number of pyridine rings is 1. The molecule has 0 bridgehead atoms. The second kappa shape index (κ2) is 5.83. The van der Waals surface area contributed by atoms with Gasteiger partial charge in [-0.15, -0.1) is 0 Å². The van der Waals surface area contributed by atoms with Gasteiger partial charge in [0.15, 0.2) is 0 Å². The van der Waals surface area contributed by atoms with E-state index in [0.717, 1.165) is 18.4 Å². The standard InChI is InChI=1S/C14H16N4O2/c19-14(12-5-8-16-18-12)17-11-2-1-9-20-13(11)10-3-6-15-7-4-10/h3-8,11,13H,1-2,9H2,(H,16,18)(H,17,19)/t11-,13+/m0/s1. The Bertz CT molecular complexity index is 556. The largest absolute Gasteiger partial charge is 0.371 e. The summed E-state index contributed by atoms with van der Waals surface area (Å²) >= 11 is 0. The summed E-state index contributed by atoms with van der Waals surface area (Å²) in [5, 5.41) is 9.47. The number of carbonyl (C=O) groups is 1. The molecule has 0 aromatic carbocycles. The van der Waals surface area contributed by atoms with Crippen molar-refractivity contribution >= 4 is 5.91 Å². The minimum atomic E-state index is -0.156. The Morgan fingerprint density at radius 3 is 2.90 bits per heavy atom. The van der Waals surface area contributed by atoms with E-state index in [1.807, 2.05) is 12.1 Å². The molecule has 6 nitrogen and oxygen atoms in total. The van der Waals surface area contributed by atoms with E-state index in [1.54, 1.807) is 24.7 Å². The lowest BCUT2D eigenvalue weighted by atomic mass is 9.96. The number of rotatable bonds is 3. The first-order valence-electron chi connectivity index (χ1n) is 6.66. The van der Waals surface area contributed by atoms with Crippen molar-refractivity contribution in [2.75, 3.05) is 6.61 Å². The smallest absolute Gasteiger partial charge is 0.269 e. The van der Waals surface area contributed by atoms with Gasteiger partial charge in [-0.25, -0.2) is 0 Å². The Morgan fingerprint density at radius 1 is 1.30 bits per heavy atom.